The number of hydrogen-bond donors (Lipinski definition) is 1. The Labute approximate surface area is 93.7 Å². The van der Waals surface area contributed by atoms with Crippen molar-refractivity contribution in [2.45, 2.75) is 18.9 Å². The van der Waals surface area contributed by atoms with Gasteiger partial charge in [-0.1, -0.05) is 0 Å². The molecule has 86 valence electrons. The van der Waals surface area contributed by atoms with Crippen molar-refractivity contribution in [3.8, 4) is 5.75 Å². The van der Waals surface area contributed by atoms with Crippen LogP contribution in [0.4, 0.5) is 5.69 Å². The van der Waals surface area contributed by atoms with E-state index in [1.54, 1.807) is 25.1 Å². The molecule has 1 aromatic rings. The van der Waals surface area contributed by atoms with Crippen molar-refractivity contribution in [2.24, 2.45) is 0 Å². The van der Waals surface area contributed by atoms with Crippen LogP contribution in [-0.4, -0.2) is 36.3 Å². The Bertz CT molecular complexity index is 414. The number of carboxylic acid groups (broad SMARTS) is 1. The van der Waals surface area contributed by atoms with E-state index in [1.807, 2.05) is 0 Å². The van der Waals surface area contributed by atoms with Crippen LogP contribution < -0.4 is 9.64 Å². The maximum atomic E-state index is 11.0. The molecule has 5 nitrogen and oxygen atoms in total. The zero-order valence-corrected chi connectivity index (χ0v) is 9.30. The molecule has 0 unspecified atom stereocenters. The van der Waals surface area contributed by atoms with Gasteiger partial charge in [-0.25, -0.2) is 9.78 Å². The summed E-state index contributed by atoms with van der Waals surface area (Å²) in [6.45, 7) is 0. The number of carbonyl (C=O) groups is 1. The van der Waals surface area contributed by atoms with Crippen molar-refractivity contribution >= 4 is 11.7 Å². The van der Waals surface area contributed by atoms with Crippen molar-refractivity contribution in [2.75, 3.05) is 19.0 Å². The minimum atomic E-state index is -1.04. The summed E-state index contributed by atoms with van der Waals surface area (Å²) in [5, 5.41) is 9.04. The molecule has 0 bridgehead atoms. The first-order valence-electron chi connectivity index (χ1n) is 5.16. The third kappa shape index (κ3) is 2.08. The molecule has 16 heavy (non-hydrogen) atoms. The number of aromatic nitrogens is 1. The summed E-state index contributed by atoms with van der Waals surface area (Å²) in [6, 6.07) is 1.71. The molecule has 1 aliphatic carbocycles. The second-order valence-corrected chi connectivity index (χ2v) is 4.02. The summed E-state index contributed by atoms with van der Waals surface area (Å²) >= 11 is 0. The maximum Gasteiger partial charge on any atom is 0.356 e. The molecule has 1 aromatic heterocycles. The van der Waals surface area contributed by atoms with E-state index in [1.165, 1.54) is 6.20 Å². The lowest BCUT2D eigenvalue weighted by atomic mass is 10.2. The summed E-state index contributed by atoms with van der Waals surface area (Å²) in [7, 11) is 3.56. The van der Waals surface area contributed by atoms with Crippen LogP contribution in [0.15, 0.2) is 12.3 Å². The molecule has 0 spiro atoms. The Morgan fingerprint density at radius 3 is 2.75 bits per heavy atom. The van der Waals surface area contributed by atoms with E-state index in [-0.39, 0.29) is 11.8 Å². The van der Waals surface area contributed by atoms with Gasteiger partial charge in [0.1, 0.15) is 11.4 Å². The molecule has 1 fully saturated rings. The fraction of sp³-hybridized carbons (Fsp3) is 0.455. The molecule has 5 heteroatoms. The van der Waals surface area contributed by atoms with Crippen molar-refractivity contribution in [3.63, 3.8) is 0 Å². The summed E-state index contributed by atoms with van der Waals surface area (Å²) < 4.78 is 5.66. The van der Waals surface area contributed by atoms with Gasteiger partial charge in [-0.15, -0.1) is 0 Å². The van der Waals surface area contributed by atoms with Crippen molar-refractivity contribution in [1.29, 1.82) is 0 Å². The topological polar surface area (TPSA) is 62.7 Å². The molecule has 0 radical (unpaired) electrons. The molecule has 0 aliphatic heterocycles. The number of anilines is 1. The number of ether oxygens (including phenoxy) is 1. The zero-order valence-electron chi connectivity index (χ0n) is 9.30. The van der Waals surface area contributed by atoms with Crippen LogP contribution in [0.1, 0.15) is 23.3 Å². The molecule has 0 amide bonds. The van der Waals surface area contributed by atoms with Crippen LogP contribution >= 0.6 is 0 Å². The van der Waals surface area contributed by atoms with Crippen molar-refractivity contribution in [3.05, 3.63) is 18.0 Å². The van der Waals surface area contributed by atoms with Crippen LogP contribution in [0.5, 0.6) is 5.75 Å². The van der Waals surface area contributed by atoms with Crippen LogP contribution in [-0.2, 0) is 0 Å². The summed E-state index contributed by atoms with van der Waals surface area (Å²) in [4.78, 5) is 16.6. The summed E-state index contributed by atoms with van der Waals surface area (Å²) in [6.07, 6.45) is 3.78. The highest BCUT2D eigenvalue weighted by Gasteiger charge is 2.27. The SMILES string of the molecule is CN(C)c1c(OC2CC2)ccnc1C(=O)O. The quantitative estimate of drug-likeness (QED) is 0.834. The van der Waals surface area contributed by atoms with Gasteiger partial charge in [0.2, 0.25) is 0 Å². The fourth-order valence-electron chi connectivity index (χ4n) is 1.49. The van der Waals surface area contributed by atoms with Gasteiger partial charge in [0.25, 0.3) is 0 Å². The zero-order chi connectivity index (χ0) is 11.7. The molecular formula is C11H14N2O3. The van der Waals surface area contributed by atoms with E-state index < -0.39 is 5.97 Å². The predicted octanol–water partition coefficient (Wildman–Crippen LogP) is 1.39. The normalized spacial score (nSPS) is 14.6. The maximum absolute atomic E-state index is 11.0. The Balaban J connectivity index is 2.41. The van der Waals surface area contributed by atoms with Gasteiger partial charge in [0.05, 0.1) is 6.10 Å². The number of rotatable bonds is 4. The van der Waals surface area contributed by atoms with Gasteiger partial charge in [-0.2, -0.15) is 0 Å². The van der Waals surface area contributed by atoms with Gasteiger partial charge in [0.15, 0.2) is 5.69 Å². The number of pyridine rings is 1. The van der Waals surface area contributed by atoms with Crippen LogP contribution in [0, 0.1) is 0 Å². The minimum absolute atomic E-state index is 0.0307. The van der Waals surface area contributed by atoms with Crippen molar-refractivity contribution in [1.82, 2.24) is 4.98 Å². The second kappa shape index (κ2) is 4.00. The van der Waals surface area contributed by atoms with Gasteiger partial charge < -0.3 is 14.7 Å². The van der Waals surface area contributed by atoms with Gasteiger partial charge in [-0.3, -0.25) is 0 Å². The Kier molecular flexibility index (Phi) is 2.68. The number of carboxylic acids is 1. The van der Waals surface area contributed by atoms with Crippen LogP contribution in [0.2, 0.25) is 0 Å². The third-order valence-electron chi connectivity index (χ3n) is 2.36. The lowest BCUT2D eigenvalue weighted by Crippen LogP contribution is -2.17. The minimum Gasteiger partial charge on any atom is -0.488 e. The summed E-state index contributed by atoms with van der Waals surface area (Å²) in [5.74, 6) is -0.440. The van der Waals surface area contributed by atoms with Crippen LogP contribution in [0.25, 0.3) is 0 Å². The van der Waals surface area contributed by atoms with E-state index in [0.29, 0.717) is 11.4 Å². The molecule has 2 rings (SSSR count). The number of nitrogens with zero attached hydrogens (tertiary/aromatic N) is 2. The highest BCUT2D eigenvalue weighted by Crippen LogP contribution is 2.34. The first-order chi connectivity index (χ1) is 7.59. The largest absolute Gasteiger partial charge is 0.488 e. The van der Waals surface area contributed by atoms with E-state index in [2.05, 4.69) is 4.98 Å². The molecule has 1 heterocycles. The summed E-state index contributed by atoms with van der Waals surface area (Å²) in [5.41, 5.74) is 0.560. The lowest BCUT2D eigenvalue weighted by Gasteiger charge is -2.19. The first kappa shape index (κ1) is 10.7. The molecular weight excluding hydrogens is 208 g/mol. The van der Waals surface area contributed by atoms with Gasteiger partial charge in [-0.05, 0) is 12.8 Å². The molecule has 0 saturated heterocycles. The van der Waals surface area contributed by atoms with Gasteiger partial charge >= 0.3 is 5.97 Å². The fourth-order valence-corrected chi connectivity index (χ4v) is 1.49. The molecule has 0 aromatic carbocycles. The molecule has 1 aliphatic rings. The first-order valence-corrected chi connectivity index (χ1v) is 5.16. The Morgan fingerprint density at radius 1 is 1.56 bits per heavy atom. The average Bonchev–Trinajstić information content (AvgIpc) is 3.00. The molecule has 0 atom stereocenters. The standard InChI is InChI=1S/C11H14N2O3/c1-13(2)10-8(16-7-3-4-7)5-6-12-9(10)11(14)15/h5-7H,3-4H2,1-2H3,(H,14,15). The number of aromatic carboxylic acids is 1. The number of hydrogen-bond acceptors (Lipinski definition) is 4. The van der Waals surface area contributed by atoms with E-state index in [4.69, 9.17) is 9.84 Å². The monoisotopic (exact) mass is 222 g/mol. The Morgan fingerprint density at radius 2 is 2.25 bits per heavy atom. The molecule has 1 saturated carbocycles. The average molecular weight is 222 g/mol. The third-order valence-corrected chi connectivity index (χ3v) is 2.36. The van der Waals surface area contributed by atoms with E-state index in [0.717, 1.165) is 12.8 Å². The highest BCUT2D eigenvalue weighted by molar-refractivity contribution is 5.93. The van der Waals surface area contributed by atoms with E-state index in [9.17, 15) is 4.79 Å². The van der Waals surface area contributed by atoms with E-state index >= 15 is 0 Å². The highest BCUT2D eigenvalue weighted by atomic mass is 16.5. The van der Waals surface area contributed by atoms with Gasteiger partial charge in [0, 0.05) is 26.4 Å². The van der Waals surface area contributed by atoms with Crippen LogP contribution in [0.3, 0.4) is 0 Å². The second-order valence-electron chi connectivity index (χ2n) is 4.02. The lowest BCUT2D eigenvalue weighted by molar-refractivity contribution is 0.0690. The Hall–Kier alpha value is -1.78. The predicted molar refractivity (Wildman–Crippen MR) is 59.2 cm³/mol. The molecule has 1 N–H and O–H groups in total. The van der Waals surface area contributed by atoms with Crippen molar-refractivity contribution < 1.29 is 14.6 Å². The smallest absolute Gasteiger partial charge is 0.356 e.